The number of hydrogen-bond acceptors (Lipinski definition) is 3. The Kier molecular flexibility index (Phi) is 4.21. The molecule has 3 nitrogen and oxygen atoms in total. The lowest BCUT2D eigenvalue weighted by Gasteiger charge is -2.28. The van der Waals surface area contributed by atoms with E-state index in [0.29, 0.717) is 27.8 Å². The summed E-state index contributed by atoms with van der Waals surface area (Å²) in [5.74, 6) is -0.263. The lowest BCUT2D eigenvalue weighted by Crippen LogP contribution is -2.37. The highest BCUT2D eigenvalue weighted by Crippen LogP contribution is 2.34. The lowest BCUT2D eigenvalue weighted by atomic mass is 10.1. The first kappa shape index (κ1) is 15.2. The highest BCUT2D eigenvalue weighted by atomic mass is 79.9. The van der Waals surface area contributed by atoms with Crippen molar-refractivity contribution in [3.63, 3.8) is 0 Å². The molecule has 3 rings (SSSR count). The van der Waals surface area contributed by atoms with Gasteiger partial charge in [0, 0.05) is 30.7 Å². The van der Waals surface area contributed by atoms with Gasteiger partial charge in [0.15, 0.2) is 5.82 Å². The molecule has 2 fully saturated rings. The highest BCUT2D eigenvalue weighted by molar-refractivity contribution is 9.10. The maximum absolute atomic E-state index is 14.7. The zero-order valence-corrected chi connectivity index (χ0v) is 14.4. The zero-order valence-electron chi connectivity index (χ0n) is 12.0. The van der Waals surface area contributed by atoms with Crippen LogP contribution in [-0.2, 0) is 0 Å². The second-order valence-corrected chi connectivity index (χ2v) is 7.14. The number of fused-ring (bicyclic) bond motifs is 2. The molecule has 2 aliphatic heterocycles. The van der Waals surface area contributed by atoms with Gasteiger partial charge in [0.1, 0.15) is 4.99 Å². The summed E-state index contributed by atoms with van der Waals surface area (Å²) in [5.41, 5.74) is 6.82. The van der Waals surface area contributed by atoms with Crippen molar-refractivity contribution >= 4 is 38.8 Å². The third-order valence-corrected chi connectivity index (χ3v) is 5.81. The van der Waals surface area contributed by atoms with Crippen molar-refractivity contribution in [2.24, 2.45) is 5.73 Å². The van der Waals surface area contributed by atoms with Gasteiger partial charge < -0.3 is 10.6 Å². The molecule has 6 heteroatoms. The number of rotatable bonds is 2. The van der Waals surface area contributed by atoms with E-state index in [1.165, 1.54) is 12.8 Å². The topological polar surface area (TPSA) is 32.5 Å². The van der Waals surface area contributed by atoms with E-state index in [1.807, 2.05) is 0 Å². The van der Waals surface area contributed by atoms with Crippen molar-refractivity contribution < 1.29 is 4.39 Å². The van der Waals surface area contributed by atoms with E-state index in [4.69, 9.17) is 18.0 Å². The maximum Gasteiger partial charge on any atom is 0.161 e. The first-order chi connectivity index (χ1) is 9.99. The Labute approximate surface area is 138 Å². The van der Waals surface area contributed by atoms with Crippen LogP contribution in [0.4, 0.5) is 10.1 Å². The smallest absolute Gasteiger partial charge is 0.161 e. The summed E-state index contributed by atoms with van der Waals surface area (Å²) in [6, 6.07) is 4.76. The van der Waals surface area contributed by atoms with Crippen LogP contribution in [0.3, 0.4) is 0 Å². The Balaban J connectivity index is 1.91. The van der Waals surface area contributed by atoms with E-state index in [1.54, 1.807) is 12.1 Å². The molecule has 2 bridgehead atoms. The Hall–Kier alpha value is -0.720. The van der Waals surface area contributed by atoms with Crippen molar-refractivity contribution in [2.75, 3.05) is 25.0 Å². The molecule has 2 saturated heterocycles. The number of anilines is 1. The van der Waals surface area contributed by atoms with Gasteiger partial charge in [-0.25, -0.2) is 4.39 Å². The first-order valence-corrected chi connectivity index (χ1v) is 8.44. The average molecular weight is 372 g/mol. The monoisotopic (exact) mass is 371 g/mol. The van der Waals surface area contributed by atoms with Crippen LogP contribution >= 0.6 is 28.1 Å². The van der Waals surface area contributed by atoms with Crippen LogP contribution in [0.2, 0.25) is 0 Å². The van der Waals surface area contributed by atoms with Gasteiger partial charge in [-0.2, -0.15) is 0 Å². The van der Waals surface area contributed by atoms with Gasteiger partial charge in [-0.15, -0.1) is 0 Å². The van der Waals surface area contributed by atoms with Gasteiger partial charge in [0.2, 0.25) is 0 Å². The summed E-state index contributed by atoms with van der Waals surface area (Å²) in [5, 5.41) is 0. The third-order valence-electron chi connectivity index (χ3n) is 4.82. The molecule has 0 amide bonds. The summed E-state index contributed by atoms with van der Waals surface area (Å²) < 4.78 is 15.0. The lowest BCUT2D eigenvalue weighted by molar-refractivity contribution is 0.254. The molecule has 2 N–H and O–H groups in total. The summed E-state index contributed by atoms with van der Waals surface area (Å²) in [7, 11) is 2.19. The number of likely N-dealkylation sites (N-methyl/N-ethyl adjacent to an activating group) is 1. The molecule has 2 atom stereocenters. The Morgan fingerprint density at radius 1 is 1.33 bits per heavy atom. The average Bonchev–Trinajstić information content (AvgIpc) is 2.67. The number of nitrogens with two attached hydrogens (primary N) is 1. The molecular formula is C15H19BrFN3S. The molecule has 0 radical (unpaired) electrons. The molecule has 0 aliphatic carbocycles. The number of nitrogens with zero attached hydrogens (tertiary/aromatic N) is 2. The van der Waals surface area contributed by atoms with Gasteiger partial charge in [-0.1, -0.05) is 12.2 Å². The summed E-state index contributed by atoms with van der Waals surface area (Å²) in [4.78, 5) is 4.82. The highest BCUT2D eigenvalue weighted by Gasteiger charge is 2.35. The Morgan fingerprint density at radius 2 is 2.05 bits per heavy atom. The molecule has 0 saturated carbocycles. The maximum atomic E-state index is 14.7. The van der Waals surface area contributed by atoms with Crippen LogP contribution in [0.15, 0.2) is 16.6 Å². The number of halogens is 2. The van der Waals surface area contributed by atoms with E-state index >= 15 is 0 Å². The van der Waals surface area contributed by atoms with E-state index in [-0.39, 0.29) is 10.8 Å². The van der Waals surface area contributed by atoms with Crippen LogP contribution in [0.5, 0.6) is 0 Å². The van der Waals surface area contributed by atoms with Crippen molar-refractivity contribution in [3.05, 3.63) is 28.0 Å². The van der Waals surface area contributed by atoms with Crippen molar-refractivity contribution in [1.29, 1.82) is 0 Å². The van der Waals surface area contributed by atoms with Crippen LogP contribution in [-0.4, -0.2) is 42.1 Å². The van der Waals surface area contributed by atoms with Gasteiger partial charge in [0.05, 0.1) is 10.2 Å². The molecule has 0 aromatic heterocycles. The molecule has 2 unspecified atom stereocenters. The summed E-state index contributed by atoms with van der Waals surface area (Å²) in [6.45, 7) is 1.77. The largest absolute Gasteiger partial charge is 0.389 e. The van der Waals surface area contributed by atoms with Gasteiger partial charge in [-0.3, -0.25) is 4.90 Å². The fourth-order valence-corrected chi connectivity index (χ4v) is 4.35. The van der Waals surface area contributed by atoms with Crippen molar-refractivity contribution in [1.82, 2.24) is 4.90 Å². The number of thiocarbonyl (C=S) groups is 1. The fourth-order valence-electron chi connectivity index (χ4n) is 3.50. The van der Waals surface area contributed by atoms with E-state index in [0.717, 1.165) is 19.5 Å². The second kappa shape index (κ2) is 5.82. The zero-order chi connectivity index (χ0) is 15.1. The normalized spacial score (nSPS) is 26.0. The van der Waals surface area contributed by atoms with E-state index in [9.17, 15) is 4.39 Å². The van der Waals surface area contributed by atoms with Crippen LogP contribution in [0.25, 0.3) is 0 Å². The predicted molar refractivity (Wildman–Crippen MR) is 91.4 cm³/mol. The van der Waals surface area contributed by atoms with E-state index in [2.05, 4.69) is 32.8 Å². The summed E-state index contributed by atoms with van der Waals surface area (Å²) in [6.07, 6.45) is 3.55. The van der Waals surface area contributed by atoms with Crippen molar-refractivity contribution in [2.45, 2.75) is 31.3 Å². The van der Waals surface area contributed by atoms with Crippen LogP contribution in [0, 0.1) is 5.82 Å². The number of hydrogen-bond donors (Lipinski definition) is 1. The minimum Gasteiger partial charge on any atom is -0.389 e. The van der Waals surface area contributed by atoms with Crippen LogP contribution in [0.1, 0.15) is 24.8 Å². The quantitative estimate of drug-likeness (QED) is 0.810. The van der Waals surface area contributed by atoms with Gasteiger partial charge in [0.25, 0.3) is 0 Å². The van der Waals surface area contributed by atoms with Gasteiger partial charge in [-0.05, 0) is 54.4 Å². The third kappa shape index (κ3) is 2.69. The molecule has 114 valence electrons. The molecule has 0 spiro atoms. The number of benzene rings is 1. The second-order valence-electron chi connectivity index (χ2n) is 5.91. The Morgan fingerprint density at radius 3 is 2.76 bits per heavy atom. The summed E-state index contributed by atoms with van der Waals surface area (Å²) >= 11 is 8.24. The predicted octanol–water partition coefficient (Wildman–Crippen LogP) is 2.90. The van der Waals surface area contributed by atoms with Crippen molar-refractivity contribution in [3.8, 4) is 0 Å². The molecule has 2 aliphatic rings. The molecular weight excluding hydrogens is 353 g/mol. The molecule has 21 heavy (non-hydrogen) atoms. The van der Waals surface area contributed by atoms with Gasteiger partial charge >= 0.3 is 0 Å². The minimum atomic E-state index is -0.263. The molecule has 1 aromatic rings. The molecule has 2 heterocycles. The first-order valence-electron chi connectivity index (χ1n) is 7.23. The van der Waals surface area contributed by atoms with Crippen LogP contribution < -0.4 is 10.6 Å². The fraction of sp³-hybridized carbons (Fsp3) is 0.533. The SMILES string of the molecule is CN1C2CCC1CN(c1ccc(C(N)=S)c(Br)c1F)CC2. The Bertz CT molecular complexity index is 580. The standard InChI is InChI=1S/C15H19BrFN3S/c1-19-9-2-3-10(19)8-20(7-6-9)12-5-4-11(15(18)21)13(16)14(12)17/h4-5,9-10H,2-3,6-8H2,1H3,(H2,18,21). The van der Waals surface area contributed by atoms with E-state index < -0.39 is 0 Å². The minimum absolute atomic E-state index is 0.210. The molecule has 1 aromatic carbocycles.